The summed E-state index contributed by atoms with van der Waals surface area (Å²) in [6.07, 6.45) is 2.12. The summed E-state index contributed by atoms with van der Waals surface area (Å²) >= 11 is 6.20. The monoisotopic (exact) mass is 300 g/mol. The smallest absolute Gasteiger partial charge is 0.150 e. The number of nitrogens with two attached hydrogens (primary N) is 1. The molecule has 2 aromatic rings. The quantitative estimate of drug-likeness (QED) is 0.795. The van der Waals surface area contributed by atoms with Gasteiger partial charge in [0.25, 0.3) is 0 Å². The highest BCUT2D eigenvalue weighted by molar-refractivity contribution is 6.31. The SMILES string of the molecule is N[C@@H]1CCCN2c3cc(Cl)ccc3Oc3ccccc3[C@@H]12. The van der Waals surface area contributed by atoms with Crippen LogP contribution in [0.4, 0.5) is 5.69 Å². The number of benzene rings is 2. The first-order valence-corrected chi connectivity index (χ1v) is 7.70. The van der Waals surface area contributed by atoms with Gasteiger partial charge in [0, 0.05) is 23.2 Å². The molecule has 1 fully saturated rings. The van der Waals surface area contributed by atoms with E-state index in [4.69, 9.17) is 22.1 Å². The number of nitrogens with zero attached hydrogens (tertiary/aromatic N) is 1. The molecule has 0 bridgehead atoms. The molecule has 1 saturated heterocycles. The van der Waals surface area contributed by atoms with Crippen LogP contribution in [0.1, 0.15) is 24.4 Å². The number of para-hydroxylation sites is 1. The fraction of sp³-hybridized carbons (Fsp3) is 0.294. The normalized spacial score (nSPS) is 23.4. The van der Waals surface area contributed by atoms with Gasteiger partial charge in [-0.15, -0.1) is 0 Å². The minimum Gasteiger partial charge on any atom is -0.455 e. The molecule has 2 aromatic carbocycles. The summed E-state index contributed by atoms with van der Waals surface area (Å²) in [6.45, 7) is 0.976. The van der Waals surface area contributed by atoms with Crippen LogP contribution >= 0.6 is 11.6 Å². The third kappa shape index (κ3) is 2.08. The maximum atomic E-state index is 6.44. The van der Waals surface area contributed by atoms with Crippen LogP contribution in [0.2, 0.25) is 5.02 Å². The zero-order valence-electron chi connectivity index (χ0n) is 11.6. The van der Waals surface area contributed by atoms with Gasteiger partial charge in [0.15, 0.2) is 5.75 Å². The van der Waals surface area contributed by atoms with Gasteiger partial charge in [-0.1, -0.05) is 29.8 Å². The van der Waals surface area contributed by atoms with Crippen molar-refractivity contribution in [1.29, 1.82) is 0 Å². The van der Waals surface area contributed by atoms with E-state index in [0.717, 1.165) is 47.2 Å². The molecule has 0 radical (unpaired) electrons. The molecule has 0 aromatic heterocycles. The fourth-order valence-electron chi connectivity index (χ4n) is 3.43. The third-order valence-electron chi connectivity index (χ3n) is 4.37. The number of halogens is 1. The average Bonchev–Trinajstić information content (AvgIpc) is 2.63. The standard InChI is InChI=1S/C17H17ClN2O/c18-11-7-8-16-14(10-11)20-9-3-5-13(19)17(20)12-4-1-2-6-15(12)21-16/h1-2,4,6-8,10,13,17H,3,5,9,19H2/t13-,17+/m1/s1. The van der Waals surface area contributed by atoms with Gasteiger partial charge in [0.2, 0.25) is 0 Å². The van der Waals surface area contributed by atoms with Crippen molar-refractivity contribution in [2.45, 2.75) is 24.9 Å². The first-order valence-electron chi connectivity index (χ1n) is 7.32. The van der Waals surface area contributed by atoms with Crippen molar-refractivity contribution in [3.05, 3.63) is 53.1 Å². The van der Waals surface area contributed by atoms with Crippen LogP contribution in [0.25, 0.3) is 0 Å². The Kier molecular flexibility index (Phi) is 3.05. The Bertz CT molecular complexity index is 688. The zero-order chi connectivity index (χ0) is 14.4. The minimum absolute atomic E-state index is 0.105. The van der Waals surface area contributed by atoms with E-state index in [2.05, 4.69) is 11.0 Å². The van der Waals surface area contributed by atoms with E-state index in [-0.39, 0.29) is 12.1 Å². The van der Waals surface area contributed by atoms with Crippen LogP contribution < -0.4 is 15.4 Å². The van der Waals surface area contributed by atoms with Crippen molar-refractivity contribution in [3.8, 4) is 11.5 Å². The molecule has 2 aliphatic rings. The second-order valence-electron chi connectivity index (χ2n) is 5.70. The lowest BCUT2D eigenvalue weighted by Crippen LogP contribution is -2.45. The molecule has 0 unspecified atom stereocenters. The summed E-state index contributed by atoms with van der Waals surface area (Å²) in [4.78, 5) is 2.35. The molecule has 21 heavy (non-hydrogen) atoms. The molecule has 2 N–H and O–H groups in total. The molecular formula is C17H17ClN2O. The largest absolute Gasteiger partial charge is 0.455 e. The second kappa shape index (κ2) is 4.93. The molecule has 4 rings (SSSR count). The Morgan fingerprint density at radius 1 is 1.14 bits per heavy atom. The molecule has 4 heteroatoms. The van der Waals surface area contributed by atoms with Gasteiger partial charge in [-0.3, -0.25) is 0 Å². The summed E-state index contributed by atoms with van der Waals surface area (Å²) in [6, 6.07) is 14.2. The van der Waals surface area contributed by atoms with Crippen molar-refractivity contribution < 1.29 is 4.74 Å². The summed E-state index contributed by atoms with van der Waals surface area (Å²) in [5.41, 5.74) is 8.64. The van der Waals surface area contributed by atoms with E-state index in [0.29, 0.717) is 0 Å². The number of hydrogen-bond acceptors (Lipinski definition) is 3. The van der Waals surface area contributed by atoms with Gasteiger partial charge in [-0.25, -0.2) is 0 Å². The maximum absolute atomic E-state index is 6.44. The van der Waals surface area contributed by atoms with Crippen LogP contribution in [0, 0.1) is 0 Å². The number of piperidine rings is 1. The van der Waals surface area contributed by atoms with E-state index < -0.39 is 0 Å². The first kappa shape index (κ1) is 13.0. The van der Waals surface area contributed by atoms with E-state index in [1.807, 2.05) is 36.4 Å². The van der Waals surface area contributed by atoms with Crippen molar-refractivity contribution in [2.75, 3.05) is 11.4 Å². The number of rotatable bonds is 0. The highest BCUT2D eigenvalue weighted by Gasteiger charge is 2.36. The summed E-state index contributed by atoms with van der Waals surface area (Å²) in [5, 5.41) is 0.723. The number of anilines is 1. The van der Waals surface area contributed by atoms with Crippen LogP contribution in [-0.2, 0) is 0 Å². The predicted octanol–water partition coefficient (Wildman–Crippen LogP) is 4.11. The molecule has 2 atom stereocenters. The summed E-state index contributed by atoms with van der Waals surface area (Å²) < 4.78 is 6.14. The minimum atomic E-state index is 0.105. The predicted molar refractivity (Wildman–Crippen MR) is 85.3 cm³/mol. The highest BCUT2D eigenvalue weighted by atomic mass is 35.5. The second-order valence-corrected chi connectivity index (χ2v) is 6.13. The van der Waals surface area contributed by atoms with E-state index in [1.54, 1.807) is 0 Å². The van der Waals surface area contributed by atoms with Crippen molar-refractivity contribution in [2.24, 2.45) is 5.73 Å². The van der Waals surface area contributed by atoms with Gasteiger partial charge in [0.05, 0.1) is 11.7 Å². The molecule has 2 aliphatic heterocycles. The highest BCUT2D eigenvalue weighted by Crippen LogP contribution is 2.47. The zero-order valence-corrected chi connectivity index (χ0v) is 12.4. The molecular weight excluding hydrogens is 284 g/mol. The molecule has 3 nitrogen and oxygen atoms in total. The Balaban J connectivity index is 1.94. The lowest BCUT2D eigenvalue weighted by Gasteiger charge is -2.40. The lowest BCUT2D eigenvalue weighted by molar-refractivity contribution is 0.408. The topological polar surface area (TPSA) is 38.5 Å². The molecule has 2 heterocycles. The summed E-state index contributed by atoms with van der Waals surface area (Å²) in [7, 11) is 0. The summed E-state index contributed by atoms with van der Waals surface area (Å²) in [5.74, 6) is 1.74. The van der Waals surface area contributed by atoms with Crippen LogP contribution in [0.15, 0.2) is 42.5 Å². The number of hydrogen-bond donors (Lipinski definition) is 1. The van der Waals surface area contributed by atoms with E-state index >= 15 is 0 Å². The number of ether oxygens (including phenoxy) is 1. The van der Waals surface area contributed by atoms with Crippen LogP contribution in [0.3, 0.4) is 0 Å². The van der Waals surface area contributed by atoms with Crippen molar-refractivity contribution in [1.82, 2.24) is 0 Å². The Morgan fingerprint density at radius 2 is 2.00 bits per heavy atom. The first-order chi connectivity index (χ1) is 10.2. The van der Waals surface area contributed by atoms with Crippen LogP contribution in [-0.4, -0.2) is 12.6 Å². The third-order valence-corrected chi connectivity index (χ3v) is 4.60. The molecule has 108 valence electrons. The van der Waals surface area contributed by atoms with Gasteiger partial charge in [-0.05, 0) is 37.1 Å². The lowest BCUT2D eigenvalue weighted by atomic mass is 9.90. The van der Waals surface area contributed by atoms with E-state index in [1.165, 1.54) is 0 Å². The van der Waals surface area contributed by atoms with Gasteiger partial charge in [-0.2, -0.15) is 0 Å². The Labute approximate surface area is 129 Å². The Hall–Kier alpha value is -1.71. The van der Waals surface area contributed by atoms with Gasteiger partial charge < -0.3 is 15.4 Å². The van der Waals surface area contributed by atoms with Crippen molar-refractivity contribution >= 4 is 17.3 Å². The average molecular weight is 301 g/mol. The van der Waals surface area contributed by atoms with Crippen molar-refractivity contribution in [3.63, 3.8) is 0 Å². The molecule has 0 aliphatic carbocycles. The molecule has 0 amide bonds. The molecule has 0 spiro atoms. The van der Waals surface area contributed by atoms with Gasteiger partial charge >= 0.3 is 0 Å². The number of fused-ring (bicyclic) bond motifs is 5. The van der Waals surface area contributed by atoms with E-state index in [9.17, 15) is 0 Å². The fourth-order valence-corrected chi connectivity index (χ4v) is 3.60. The van der Waals surface area contributed by atoms with Crippen LogP contribution in [0.5, 0.6) is 11.5 Å². The van der Waals surface area contributed by atoms with Gasteiger partial charge in [0.1, 0.15) is 5.75 Å². The molecule has 0 saturated carbocycles. The maximum Gasteiger partial charge on any atom is 0.150 e. The Morgan fingerprint density at radius 3 is 2.90 bits per heavy atom.